The van der Waals surface area contributed by atoms with Gasteiger partial charge in [0.25, 0.3) is 0 Å². The molecule has 1 N–H and O–H groups in total. The molecule has 2 rings (SSSR count). The van der Waals surface area contributed by atoms with Gasteiger partial charge in [-0.15, -0.1) is 0 Å². The van der Waals surface area contributed by atoms with Crippen molar-refractivity contribution in [2.75, 3.05) is 32.1 Å². The van der Waals surface area contributed by atoms with Crippen LogP contribution in [0.4, 0.5) is 10.5 Å². The van der Waals surface area contributed by atoms with Gasteiger partial charge in [-0.2, -0.15) is 0 Å². The molecule has 5 nitrogen and oxygen atoms in total. The number of likely N-dealkylation sites (tertiary alicyclic amines) is 1. The van der Waals surface area contributed by atoms with E-state index < -0.39 is 5.60 Å². The lowest BCUT2D eigenvalue weighted by Gasteiger charge is -2.25. The Balaban J connectivity index is 1.87. The maximum absolute atomic E-state index is 12.1. The molecule has 1 aromatic rings. The first kappa shape index (κ1) is 18.6. The van der Waals surface area contributed by atoms with Gasteiger partial charge >= 0.3 is 6.09 Å². The van der Waals surface area contributed by atoms with Crippen molar-refractivity contribution < 1.29 is 9.53 Å². The predicted octanol–water partition coefficient (Wildman–Crippen LogP) is 3.41. The van der Waals surface area contributed by atoms with E-state index in [1.807, 2.05) is 34.9 Å². The van der Waals surface area contributed by atoms with Crippen LogP contribution in [0.5, 0.6) is 0 Å². The second kappa shape index (κ2) is 7.43. The van der Waals surface area contributed by atoms with Gasteiger partial charge in [0.1, 0.15) is 5.60 Å². The Bertz CT molecular complexity index is 549. The van der Waals surface area contributed by atoms with E-state index in [0.29, 0.717) is 12.6 Å². The molecule has 0 aliphatic carbocycles. The SMILES string of the molecule is C[C@@H](N[C@@H]1CCN(C(=O)OC(C)(C)C)C1)c1ccc(N(C)C)cc1. The summed E-state index contributed by atoms with van der Waals surface area (Å²) in [7, 11) is 4.08. The molecule has 1 aliphatic rings. The maximum Gasteiger partial charge on any atom is 0.410 e. The zero-order valence-corrected chi connectivity index (χ0v) is 15.8. The Kier molecular flexibility index (Phi) is 5.75. The second-order valence-corrected chi connectivity index (χ2v) is 7.79. The molecule has 1 heterocycles. The largest absolute Gasteiger partial charge is 0.444 e. The van der Waals surface area contributed by atoms with E-state index in [1.54, 1.807) is 4.90 Å². The molecule has 1 amide bonds. The lowest BCUT2D eigenvalue weighted by Crippen LogP contribution is -2.39. The minimum Gasteiger partial charge on any atom is -0.444 e. The molecule has 0 bridgehead atoms. The number of amides is 1. The van der Waals surface area contributed by atoms with Crippen molar-refractivity contribution in [3.8, 4) is 0 Å². The maximum atomic E-state index is 12.1. The van der Waals surface area contributed by atoms with Crippen molar-refractivity contribution in [2.24, 2.45) is 0 Å². The van der Waals surface area contributed by atoms with Crippen molar-refractivity contribution in [2.45, 2.75) is 51.8 Å². The highest BCUT2D eigenvalue weighted by molar-refractivity contribution is 5.68. The van der Waals surface area contributed by atoms with E-state index in [4.69, 9.17) is 4.74 Å². The van der Waals surface area contributed by atoms with E-state index in [0.717, 1.165) is 13.0 Å². The number of carbonyl (C=O) groups is 1. The molecule has 1 fully saturated rings. The van der Waals surface area contributed by atoms with Crippen LogP contribution in [0.2, 0.25) is 0 Å². The van der Waals surface area contributed by atoms with Gasteiger partial charge in [0.15, 0.2) is 0 Å². The third kappa shape index (κ3) is 5.13. The summed E-state index contributed by atoms with van der Waals surface area (Å²) in [6.45, 7) is 9.32. The molecule has 0 radical (unpaired) electrons. The monoisotopic (exact) mass is 333 g/mol. The van der Waals surface area contributed by atoms with Gasteiger partial charge in [-0.3, -0.25) is 0 Å². The topological polar surface area (TPSA) is 44.8 Å². The molecular weight excluding hydrogens is 302 g/mol. The first-order chi connectivity index (χ1) is 11.2. The van der Waals surface area contributed by atoms with Gasteiger partial charge in [-0.25, -0.2) is 4.79 Å². The normalized spacial score (nSPS) is 19.2. The summed E-state index contributed by atoms with van der Waals surface area (Å²) in [5, 5.41) is 3.63. The highest BCUT2D eigenvalue weighted by Crippen LogP contribution is 2.21. The molecule has 5 heteroatoms. The minimum atomic E-state index is -0.440. The summed E-state index contributed by atoms with van der Waals surface area (Å²) in [5.74, 6) is 0. The molecule has 2 atom stereocenters. The van der Waals surface area contributed by atoms with Crippen LogP contribution in [-0.2, 0) is 4.74 Å². The number of rotatable bonds is 4. The third-order valence-electron chi connectivity index (χ3n) is 4.24. The number of hydrogen-bond acceptors (Lipinski definition) is 4. The predicted molar refractivity (Wildman–Crippen MR) is 98.5 cm³/mol. The molecular formula is C19H31N3O2. The molecule has 1 saturated heterocycles. The van der Waals surface area contributed by atoms with Crippen molar-refractivity contribution in [3.63, 3.8) is 0 Å². The molecule has 134 valence electrons. The van der Waals surface area contributed by atoms with Gasteiger partial charge in [-0.1, -0.05) is 12.1 Å². The van der Waals surface area contributed by atoms with Crippen LogP contribution < -0.4 is 10.2 Å². The van der Waals surface area contributed by atoms with Crippen molar-refractivity contribution in [3.05, 3.63) is 29.8 Å². The first-order valence-corrected chi connectivity index (χ1v) is 8.67. The number of carbonyl (C=O) groups excluding carboxylic acids is 1. The van der Waals surface area contributed by atoms with Gasteiger partial charge < -0.3 is 19.9 Å². The summed E-state index contributed by atoms with van der Waals surface area (Å²) >= 11 is 0. The van der Waals surface area contributed by atoms with Gasteiger partial charge in [-0.05, 0) is 51.8 Å². The van der Waals surface area contributed by atoms with Gasteiger partial charge in [0, 0.05) is 45.0 Å². The summed E-state index contributed by atoms with van der Waals surface area (Å²) in [4.78, 5) is 16.0. The van der Waals surface area contributed by atoms with E-state index in [1.165, 1.54) is 11.3 Å². The van der Waals surface area contributed by atoms with E-state index in [-0.39, 0.29) is 12.1 Å². The average molecular weight is 333 g/mol. The zero-order chi connectivity index (χ0) is 17.9. The highest BCUT2D eigenvalue weighted by atomic mass is 16.6. The molecule has 24 heavy (non-hydrogen) atoms. The Morgan fingerprint density at radius 1 is 1.29 bits per heavy atom. The van der Waals surface area contributed by atoms with Crippen LogP contribution in [0.15, 0.2) is 24.3 Å². The lowest BCUT2D eigenvalue weighted by atomic mass is 10.1. The number of ether oxygens (including phenoxy) is 1. The highest BCUT2D eigenvalue weighted by Gasteiger charge is 2.30. The molecule has 1 aliphatic heterocycles. The quantitative estimate of drug-likeness (QED) is 0.917. The average Bonchev–Trinajstić information content (AvgIpc) is 2.94. The van der Waals surface area contributed by atoms with E-state index >= 15 is 0 Å². The number of nitrogens with zero attached hydrogens (tertiary/aromatic N) is 2. The second-order valence-electron chi connectivity index (χ2n) is 7.79. The molecule has 0 aromatic heterocycles. The molecule has 0 unspecified atom stereocenters. The van der Waals surface area contributed by atoms with Crippen molar-refractivity contribution in [1.29, 1.82) is 0 Å². The zero-order valence-electron chi connectivity index (χ0n) is 15.8. The summed E-state index contributed by atoms with van der Waals surface area (Å²) in [6.07, 6.45) is 0.745. The van der Waals surface area contributed by atoms with E-state index in [2.05, 4.69) is 41.4 Å². The van der Waals surface area contributed by atoms with Gasteiger partial charge in [0.2, 0.25) is 0 Å². The Labute approximate surface area is 146 Å². The molecule has 0 saturated carbocycles. The van der Waals surface area contributed by atoms with Crippen LogP contribution in [0.1, 0.15) is 45.7 Å². The fourth-order valence-corrected chi connectivity index (χ4v) is 2.90. The van der Waals surface area contributed by atoms with Crippen LogP contribution >= 0.6 is 0 Å². The summed E-state index contributed by atoms with van der Waals surface area (Å²) in [6, 6.07) is 9.15. The third-order valence-corrected chi connectivity index (χ3v) is 4.24. The number of nitrogens with one attached hydrogen (secondary N) is 1. The lowest BCUT2D eigenvalue weighted by molar-refractivity contribution is 0.0290. The van der Waals surface area contributed by atoms with Crippen LogP contribution in [0.3, 0.4) is 0 Å². The fraction of sp³-hybridized carbons (Fsp3) is 0.632. The summed E-state index contributed by atoms with van der Waals surface area (Å²) < 4.78 is 5.45. The van der Waals surface area contributed by atoms with Crippen molar-refractivity contribution in [1.82, 2.24) is 10.2 Å². The smallest absolute Gasteiger partial charge is 0.410 e. The number of hydrogen-bond donors (Lipinski definition) is 1. The van der Waals surface area contributed by atoms with Crippen LogP contribution in [0.25, 0.3) is 0 Å². The summed E-state index contributed by atoms with van der Waals surface area (Å²) in [5.41, 5.74) is 2.02. The number of benzene rings is 1. The molecule has 0 spiro atoms. The fourth-order valence-electron chi connectivity index (χ4n) is 2.90. The minimum absolute atomic E-state index is 0.213. The van der Waals surface area contributed by atoms with Crippen LogP contribution in [0, 0.1) is 0 Å². The van der Waals surface area contributed by atoms with Gasteiger partial charge in [0.05, 0.1) is 0 Å². The Morgan fingerprint density at radius 3 is 2.46 bits per heavy atom. The molecule has 1 aromatic carbocycles. The van der Waals surface area contributed by atoms with E-state index in [9.17, 15) is 4.79 Å². The Morgan fingerprint density at radius 2 is 1.92 bits per heavy atom. The van der Waals surface area contributed by atoms with Crippen LogP contribution in [-0.4, -0.2) is 49.8 Å². The van der Waals surface area contributed by atoms with Crippen molar-refractivity contribution >= 4 is 11.8 Å². The first-order valence-electron chi connectivity index (χ1n) is 8.67. The Hall–Kier alpha value is -1.75. The standard InChI is InChI=1S/C19H31N3O2/c1-14(15-7-9-17(10-8-15)21(5)6)20-16-11-12-22(13-16)18(23)24-19(2,3)4/h7-10,14,16,20H,11-13H2,1-6H3/t14-,16-/m1/s1. The number of anilines is 1.